The average molecular weight is 418 g/mol. The zero-order valence-electron chi connectivity index (χ0n) is 16.9. The second kappa shape index (κ2) is 10.4. The number of nitrogens with zero attached hydrogens (tertiary/aromatic N) is 5. The van der Waals surface area contributed by atoms with Gasteiger partial charge in [-0.25, -0.2) is 0 Å². The summed E-state index contributed by atoms with van der Waals surface area (Å²) in [6, 6.07) is 17.5. The highest BCUT2D eigenvalue weighted by atomic mass is 32.2. The Bertz CT molecular complexity index is 1050. The third-order valence-electron chi connectivity index (χ3n) is 4.63. The maximum Gasteiger partial charge on any atom is 0.233 e. The van der Waals surface area contributed by atoms with Crippen molar-refractivity contribution in [1.29, 1.82) is 5.26 Å². The number of para-hydroxylation sites is 1. The molecule has 1 amide bonds. The number of amides is 1. The van der Waals surface area contributed by atoms with Crippen LogP contribution in [0.1, 0.15) is 23.6 Å². The first kappa shape index (κ1) is 21.3. The molecule has 0 aliphatic rings. The summed E-state index contributed by atoms with van der Waals surface area (Å²) in [4.78, 5) is 14.6. The van der Waals surface area contributed by atoms with E-state index in [2.05, 4.69) is 35.8 Å². The Balaban J connectivity index is 1.70. The fourth-order valence-corrected chi connectivity index (χ4v) is 3.89. The summed E-state index contributed by atoms with van der Waals surface area (Å²) in [6.45, 7) is 6.78. The van der Waals surface area contributed by atoms with Crippen molar-refractivity contribution in [2.24, 2.45) is 0 Å². The van der Waals surface area contributed by atoms with E-state index in [9.17, 15) is 4.79 Å². The summed E-state index contributed by atoms with van der Waals surface area (Å²) in [5.74, 6) is 0.236. The molecular weight excluding hydrogens is 394 g/mol. The highest BCUT2D eigenvalue weighted by Crippen LogP contribution is 2.23. The van der Waals surface area contributed by atoms with Gasteiger partial charge >= 0.3 is 0 Å². The summed E-state index contributed by atoms with van der Waals surface area (Å²) in [7, 11) is 0. The number of nitriles is 1. The largest absolute Gasteiger partial charge is 0.334 e. The molecule has 1 aromatic heterocycles. The van der Waals surface area contributed by atoms with Gasteiger partial charge in [-0.3, -0.25) is 9.36 Å². The third-order valence-corrected chi connectivity index (χ3v) is 5.56. The van der Waals surface area contributed by atoms with Crippen LogP contribution in [0.2, 0.25) is 0 Å². The van der Waals surface area contributed by atoms with Crippen LogP contribution in [0, 0.1) is 11.3 Å². The minimum atomic E-state index is -0.0115. The maximum atomic E-state index is 12.9. The van der Waals surface area contributed by atoms with Crippen LogP contribution in [0.4, 0.5) is 0 Å². The zero-order chi connectivity index (χ0) is 21.3. The molecular formula is C23H23N5OS. The van der Waals surface area contributed by atoms with E-state index in [0.29, 0.717) is 23.8 Å². The molecule has 0 N–H and O–H groups in total. The van der Waals surface area contributed by atoms with Gasteiger partial charge < -0.3 is 4.90 Å². The molecule has 152 valence electrons. The van der Waals surface area contributed by atoms with Gasteiger partial charge in [-0.2, -0.15) is 5.26 Å². The molecule has 30 heavy (non-hydrogen) atoms. The molecule has 6 nitrogen and oxygen atoms in total. The highest BCUT2D eigenvalue weighted by molar-refractivity contribution is 7.99. The van der Waals surface area contributed by atoms with E-state index in [1.165, 1.54) is 17.3 Å². The van der Waals surface area contributed by atoms with Crippen LogP contribution in [-0.4, -0.2) is 37.9 Å². The molecule has 3 aromatic rings. The molecule has 0 fully saturated rings. The lowest BCUT2D eigenvalue weighted by Gasteiger charge is -2.21. The van der Waals surface area contributed by atoms with Gasteiger partial charge in [0.15, 0.2) is 5.16 Å². The summed E-state index contributed by atoms with van der Waals surface area (Å²) in [5.41, 5.74) is 3.79. The Morgan fingerprint density at radius 1 is 1.27 bits per heavy atom. The molecule has 0 unspecified atom stereocenters. The van der Waals surface area contributed by atoms with Gasteiger partial charge in [0.05, 0.1) is 23.1 Å². The van der Waals surface area contributed by atoms with E-state index in [4.69, 9.17) is 5.26 Å². The van der Waals surface area contributed by atoms with Crippen molar-refractivity contribution < 1.29 is 4.79 Å². The van der Waals surface area contributed by atoms with Crippen LogP contribution in [0.5, 0.6) is 0 Å². The van der Waals surface area contributed by atoms with Gasteiger partial charge in [-0.15, -0.1) is 16.8 Å². The number of carbonyl (C=O) groups excluding carboxylic acids is 1. The minimum absolute atomic E-state index is 0.0115. The van der Waals surface area contributed by atoms with Crippen molar-refractivity contribution in [3.8, 4) is 11.8 Å². The first-order valence-corrected chi connectivity index (χ1v) is 10.6. The predicted octanol–water partition coefficient (Wildman–Crippen LogP) is 4.01. The molecule has 0 radical (unpaired) electrons. The van der Waals surface area contributed by atoms with Crippen LogP contribution >= 0.6 is 11.8 Å². The lowest BCUT2D eigenvalue weighted by Crippen LogP contribution is -2.32. The van der Waals surface area contributed by atoms with E-state index < -0.39 is 0 Å². The normalized spacial score (nSPS) is 10.4. The molecule has 0 aliphatic carbocycles. The Labute approximate surface area is 180 Å². The molecule has 0 atom stereocenters. The molecule has 0 saturated carbocycles. The average Bonchev–Trinajstić information content (AvgIpc) is 3.26. The van der Waals surface area contributed by atoms with Crippen molar-refractivity contribution >= 4 is 17.7 Å². The molecule has 0 saturated heterocycles. The van der Waals surface area contributed by atoms with Gasteiger partial charge in [0.2, 0.25) is 5.91 Å². The van der Waals surface area contributed by atoms with Crippen molar-refractivity contribution in [3.05, 3.63) is 84.2 Å². The van der Waals surface area contributed by atoms with Crippen molar-refractivity contribution in [1.82, 2.24) is 19.7 Å². The molecule has 0 bridgehead atoms. The standard InChI is InChI=1S/C23H23N5OS/c1-3-13-27(15-19-11-9-18(14-24)10-12-19)22(29)16-30-23-26-25-17-28(23)21-8-6-5-7-20(21)4-2/h3,5-12,17H,1,4,13,15-16H2,2H3. The smallest absolute Gasteiger partial charge is 0.233 e. The monoisotopic (exact) mass is 417 g/mol. The third kappa shape index (κ3) is 5.16. The number of benzene rings is 2. The number of aromatic nitrogens is 3. The maximum absolute atomic E-state index is 12.9. The van der Waals surface area contributed by atoms with E-state index in [1.807, 2.05) is 34.9 Å². The highest BCUT2D eigenvalue weighted by Gasteiger charge is 2.16. The topological polar surface area (TPSA) is 74.8 Å². The van der Waals surface area contributed by atoms with Gasteiger partial charge in [0, 0.05) is 13.1 Å². The summed E-state index contributed by atoms with van der Waals surface area (Å²) < 4.78 is 1.93. The molecule has 0 aliphatic heterocycles. The Morgan fingerprint density at radius 3 is 2.73 bits per heavy atom. The van der Waals surface area contributed by atoms with Gasteiger partial charge in [0.1, 0.15) is 6.33 Å². The molecule has 7 heteroatoms. The summed E-state index contributed by atoms with van der Waals surface area (Å²) >= 11 is 1.37. The fraction of sp³-hybridized carbons (Fsp3) is 0.217. The summed E-state index contributed by atoms with van der Waals surface area (Å²) in [6.07, 6.45) is 4.29. The van der Waals surface area contributed by atoms with Crippen LogP contribution in [0.25, 0.3) is 5.69 Å². The lowest BCUT2D eigenvalue weighted by molar-refractivity contribution is -0.128. The lowest BCUT2D eigenvalue weighted by atomic mass is 10.1. The number of carbonyl (C=O) groups is 1. The number of hydrogen-bond acceptors (Lipinski definition) is 5. The summed E-state index contributed by atoms with van der Waals surface area (Å²) in [5, 5.41) is 17.9. The Kier molecular flexibility index (Phi) is 7.41. The Hall–Kier alpha value is -3.37. The fourth-order valence-electron chi connectivity index (χ4n) is 3.07. The van der Waals surface area contributed by atoms with Crippen LogP contribution in [-0.2, 0) is 17.8 Å². The number of aryl methyl sites for hydroxylation is 1. The van der Waals surface area contributed by atoms with Crippen LogP contribution in [0.3, 0.4) is 0 Å². The molecule has 3 rings (SSSR count). The van der Waals surface area contributed by atoms with Gasteiger partial charge in [-0.1, -0.05) is 55.1 Å². The Morgan fingerprint density at radius 2 is 2.03 bits per heavy atom. The van der Waals surface area contributed by atoms with Gasteiger partial charge in [-0.05, 0) is 35.7 Å². The van der Waals surface area contributed by atoms with E-state index >= 15 is 0 Å². The number of thioether (sulfide) groups is 1. The predicted molar refractivity (Wildman–Crippen MR) is 118 cm³/mol. The zero-order valence-corrected chi connectivity index (χ0v) is 17.7. The SMILES string of the molecule is C=CCN(Cc1ccc(C#N)cc1)C(=O)CSc1nncn1-c1ccccc1CC. The first-order valence-electron chi connectivity index (χ1n) is 9.65. The molecule has 0 spiro atoms. The van der Waals surface area contributed by atoms with Crippen LogP contribution < -0.4 is 0 Å². The number of hydrogen-bond donors (Lipinski definition) is 0. The van der Waals surface area contributed by atoms with E-state index in [1.54, 1.807) is 29.4 Å². The van der Waals surface area contributed by atoms with Crippen LogP contribution in [0.15, 0.2) is 72.7 Å². The van der Waals surface area contributed by atoms with Crippen molar-refractivity contribution in [3.63, 3.8) is 0 Å². The second-order valence-corrected chi connectivity index (χ2v) is 7.57. The second-order valence-electron chi connectivity index (χ2n) is 6.63. The molecule has 1 heterocycles. The van der Waals surface area contributed by atoms with Gasteiger partial charge in [0.25, 0.3) is 0 Å². The number of rotatable bonds is 9. The van der Waals surface area contributed by atoms with Crippen molar-refractivity contribution in [2.75, 3.05) is 12.3 Å². The van der Waals surface area contributed by atoms with E-state index in [0.717, 1.165) is 17.7 Å². The molecule has 2 aromatic carbocycles. The quantitative estimate of drug-likeness (QED) is 0.388. The first-order chi connectivity index (χ1) is 14.7. The minimum Gasteiger partial charge on any atom is -0.334 e. The van der Waals surface area contributed by atoms with E-state index in [-0.39, 0.29) is 11.7 Å². The van der Waals surface area contributed by atoms with Crippen molar-refractivity contribution in [2.45, 2.75) is 25.0 Å².